The van der Waals surface area contributed by atoms with Crippen molar-refractivity contribution < 1.29 is 4.79 Å². The fourth-order valence-corrected chi connectivity index (χ4v) is 5.35. The minimum atomic E-state index is 0.441. The van der Waals surface area contributed by atoms with Crippen LogP contribution in [0.1, 0.15) is 181 Å². The van der Waals surface area contributed by atoms with Gasteiger partial charge in [0.2, 0.25) is 0 Å². The van der Waals surface area contributed by atoms with Gasteiger partial charge in [0.25, 0.3) is 0 Å². The zero-order chi connectivity index (χ0) is 23.4. The van der Waals surface area contributed by atoms with Crippen LogP contribution in [0.5, 0.6) is 0 Å². The molecule has 0 aliphatic heterocycles. The van der Waals surface area contributed by atoms with Crippen molar-refractivity contribution >= 4 is 16.9 Å². The van der Waals surface area contributed by atoms with E-state index in [2.05, 4.69) is 13.8 Å². The minimum Gasteiger partial charge on any atom is -0.287 e. The highest BCUT2D eigenvalue weighted by molar-refractivity contribution is 8.13. The summed E-state index contributed by atoms with van der Waals surface area (Å²) in [6, 6.07) is 0. The molecule has 0 aromatic heterocycles. The summed E-state index contributed by atoms with van der Waals surface area (Å²) < 4.78 is 0. The highest BCUT2D eigenvalue weighted by atomic mass is 32.2. The fraction of sp³-hybridized carbons (Fsp3) is 0.967. The van der Waals surface area contributed by atoms with Gasteiger partial charge in [-0.25, -0.2) is 0 Å². The Morgan fingerprint density at radius 3 is 1.03 bits per heavy atom. The number of carbonyl (C=O) groups is 1. The third-order valence-electron chi connectivity index (χ3n) is 6.75. The van der Waals surface area contributed by atoms with Crippen LogP contribution in [0.25, 0.3) is 0 Å². The van der Waals surface area contributed by atoms with Crippen molar-refractivity contribution in [1.29, 1.82) is 0 Å². The molecule has 0 aromatic rings. The summed E-state index contributed by atoms with van der Waals surface area (Å²) in [5, 5.41) is 0.441. The van der Waals surface area contributed by atoms with Gasteiger partial charge in [0.15, 0.2) is 5.12 Å². The number of unbranched alkanes of at least 4 members (excludes halogenated alkanes) is 23. The molecule has 0 radical (unpaired) electrons. The SMILES string of the molecule is CCCCCCCCCCCCCCCC(=O)SCCCCCCCCCCCCCC. The summed E-state index contributed by atoms with van der Waals surface area (Å²) in [5.41, 5.74) is 0. The molecule has 192 valence electrons. The number of hydrogen-bond acceptors (Lipinski definition) is 2. The fourth-order valence-electron chi connectivity index (χ4n) is 4.49. The number of rotatable bonds is 27. The van der Waals surface area contributed by atoms with Gasteiger partial charge in [-0.05, 0) is 12.8 Å². The predicted molar refractivity (Wildman–Crippen MR) is 149 cm³/mol. The Balaban J connectivity index is 3.14. The predicted octanol–water partition coefficient (Wildman–Crippen LogP) is 11.4. The van der Waals surface area contributed by atoms with Gasteiger partial charge in [-0.1, -0.05) is 173 Å². The second-order valence-electron chi connectivity index (χ2n) is 10.1. The molecule has 0 aromatic carbocycles. The van der Waals surface area contributed by atoms with E-state index in [1.165, 1.54) is 154 Å². The monoisotopic (exact) mass is 468 g/mol. The number of thioether (sulfide) groups is 1. The van der Waals surface area contributed by atoms with Crippen LogP contribution >= 0.6 is 11.8 Å². The smallest absolute Gasteiger partial charge is 0.188 e. The van der Waals surface area contributed by atoms with Gasteiger partial charge in [0.1, 0.15) is 0 Å². The van der Waals surface area contributed by atoms with Crippen LogP contribution in [-0.4, -0.2) is 10.9 Å². The molecule has 0 amide bonds. The Bertz CT molecular complexity index is 323. The van der Waals surface area contributed by atoms with Crippen molar-refractivity contribution in [3.63, 3.8) is 0 Å². The molecule has 0 bridgehead atoms. The van der Waals surface area contributed by atoms with Crippen LogP contribution in [0.15, 0.2) is 0 Å². The highest BCUT2D eigenvalue weighted by Gasteiger charge is 2.02. The van der Waals surface area contributed by atoms with Gasteiger partial charge in [-0.3, -0.25) is 4.79 Å². The topological polar surface area (TPSA) is 17.1 Å². The molecule has 0 saturated heterocycles. The van der Waals surface area contributed by atoms with E-state index >= 15 is 0 Å². The van der Waals surface area contributed by atoms with Gasteiger partial charge in [-0.2, -0.15) is 0 Å². The maximum absolute atomic E-state index is 12.0. The van der Waals surface area contributed by atoms with E-state index in [1.807, 2.05) is 0 Å². The molecule has 0 aliphatic rings. The first kappa shape index (κ1) is 32.0. The average Bonchev–Trinajstić information content (AvgIpc) is 2.80. The molecular formula is C30H60OS. The summed E-state index contributed by atoms with van der Waals surface area (Å²) in [7, 11) is 0. The largest absolute Gasteiger partial charge is 0.287 e. The van der Waals surface area contributed by atoms with Crippen LogP contribution in [-0.2, 0) is 4.79 Å². The van der Waals surface area contributed by atoms with E-state index in [0.29, 0.717) is 5.12 Å². The average molecular weight is 469 g/mol. The number of carbonyl (C=O) groups excluding carboxylic acids is 1. The van der Waals surface area contributed by atoms with Crippen molar-refractivity contribution in [2.24, 2.45) is 0 Å². The van der Waals surface area contributed by atoms with Crippen LogP contribution in [0.2, 0.25) is 0 Å². The Hall–Kier alpha value is 0.0200. The van der Waals surface area contributed by atoms with E-state index in [-0.39, 0.29) is 0 Å². The lowest BCUT2D eigenvalue weighted by molar-refractivity contribution is -0.111. The standard InChI is InChI=1S/C30H60OS/c1-3-5-7-9-11-13-15-17-18-20-22-24-26-28-30(31)32-29-27-25-23-21-19-16-14-12-10-8-6-4-2/h3-29H2,1-2H3. The van der Waals surface area contributed by atoms with Gasteiger partial charge >= 0.3 is 0 Å². The van der Waals surface area contributed by atoms with Crippen molar-refractivity contribution in [3.05, 3.63) is 0 Å². The molecule has 0 aliphatic carbocycles. The van der Waals surface area contributed by atoms with E-state index in [4.69, 9.17) is 0 Å². The van der Waals surface area contributed by atoms with Crippen molar-refractivity contribution in [2.45, 2.75) is 181 Å². The number of hydrogen-bond donors (Lipinski definition) is 0. The van der Waals surface area contributed by atoms with Crippen LogP contribution < -0.4 is 0 Å². The molecule has 0 N–H and O–H groups in total. The van der Waals surface area contributed by atoms with E-state index in [1.54, 1.807) is 11.8 Å². The Morgan fingerprint density at radius 1 is 0.406 bits per heavy atom. The van der Waals surface area contributed by atoms with E-state index in [0.717, 1.165) is 18.6 Å². The Morgan fingerprint density at radius 2 is 0.688 bits per heavy atom. The Kier molecular flexibility index (Phi) is 29.1. The lowest BCUT2D eigenvalue weighted by atomic mass is 10.0. The van der Waals surface area contributed by atoms with Gasteiger partial charge < -0.3 is 0 Å². The molecule has 0 rings (SSSR count). The summed E-state index contributed by atoms with van der Waals surface area (Å²) in [6.45, 7) is 4.57. The highest BCUT2D eigenvalue weighted by Crippen LogP contribution is 2.17. The lowest BCUT2D eigenvalue weighted by Gasteiger charge is -2.04. The second kappa shape index (κ2) is 29.1. The first-order chi connectivity index (χ1) is 15.8. The second-order valence-corrected chi connectivity index (χ2v) is 11.3. The normalized spacial score (nSPS) is 11.3. The zero-order valence-corrected chi connectivity index (χ0v) is 23.2. The quantitative estimate of drug-likeness (QED) is 0.111. The van der Waals surface area contributed by atoms with E-state index < -0.39 is 0 Å². The summed E-state index contributed by atoms with van der Waals surface area (Å²) >= 11 is 1.60. The van der Waals surface area contributed by atoms with Crippen LogP contribution in [0.4, 0.5) is 0 Å². The molecule has 0 spiro atoms. The first-order valence-corrected chi connectivity index (χ1v) is 16.0. The molecule has 0 atom stereocenters. The van der Waals surface area contributed by atoms with Crippen LogP contribution in [0, 0.1) is 0 Å². The summed E-state index contributed by atoms with van der Waals surface area (Å²) in [5.74, 6) is 1.05. The first-order valence-electron chi connectivity index (χ1n) is 15.0. The molecule has 0 heterocycles. The van der Waals surface area contributed by atoms with Crippen molar-refractivity contribution in [3.8, 4) is 0 Å². The minimum absolute atomic E-state index is 0.441. The maximum Gasteiger partial charge on any atom is 0.188 e. The Labute approximate surface area is 208 Å². The van der Waals surface area contributed by atoms with E-state index in [9.17, 15) is 4.79 Å². The molecule has 0 unspecified atom stereocenters. The van der Waals surface area contributed by atoms with Gasteiger partial charge in [0, 0.05) is 12.2 Å². The zero-order valence-electron chi connectivity index (χ0n) is 22.4. The third kappa shape index (κ3) is 28.1. The molecule has 0 fully saturated rings. The summed E-state index contributed by atoms with van der Waals surface area (Å²) in [6.07, 6.45) is 35.3. The molecule has 1 nitrogen and oxygen atoms in total. The lowest BCUT2D eigenvalue weighted by Crippen LogP contribution is -1.94. The molecular weight excluding hydrogens is 408 g/mol. The third-order valence-corrected chi connectivity index (χ3v) is 7.76. The molecule has 32 heavy (non-hydrogen) atoms. The van der Waals surface area contributed by atoms with Crippen molar-refractivity contribution in [2.75, 3.05) is 5.75 Å². The summed E-state index contributed by atoms with van der Waals surface area (Å²) in [4.78, 5) is 12.0. The van der Waals surface area contributed by atoms with Gasteiger partial charge in [0.05, 0.1) is 0 Å². The molecule has 2 heteroatoms. The molecule has 0 saturated carbocycles. The van der Waals surface area contributed by atoms with Gasteiger partial charge in [-0.15, -0.1) is 0 Å². The van der Waals surface area contributed by atoms with Crippen LogP contribution in [0.3, 0.4) is 0 Å². The van der Waals surface area contributed by atoms with Crippen molar-refractivity contribution in [1.82, 2.24) is 0 Å². The maximum atomic E-state index is 12.0.